The fraction of sp³-hybridized carbons (Fsp3) is 0.231. The van der Waals surface area contributed by atoms with E-state index >= 15 is 0 Å². The first kappa shape index (κ1) is 15.0. The van der Waals surface area contributed by atoms with Crippen molar-refractivity contribution < 1.29 is 12.8 Å². The van der Waals surface area contributed by atoms with Crippen molar-refractivity contribution in [3.63, 3.8) is 0 Å². The van der Waals surface area contributed by atoms with E-state index in [2.05, 4.69) is 10.0 Å². The highest BCUT2D eigenvalue weighted by molar-refractivity contribution is 7.92. The Kier molecular flexibility index (Phi) is 4.74. The Morgan fingerprint density at radius 1 is 1.25 bits per heavy atom. The zero-order valence-electron chi connectivity index (χ0n) is 10.9. The summed E-state index contributed by atoms with van der Waals surface area (Å²) in [5.41, 5.74) is 0.339. The van der Waals surface area contributed by atoms with Crippen LogP contribution in [0.1, 0.15) is 11.8 Å². The monoisotopic (exact) mass is 314 g/mol. The lowest BCUT2D eigenvalue weighted by molar-refractivity contribution is 0.601. The van der Waals surface area contributed by atoms with Crippen LogP contribution in [-0.4, -0.2) is 15.0 Å². The third kappa shape index (κ3) is 3.78. The van der Waals surface area contributed by atoms with Crippen LogP contribution in [-0.2, 0) is 16.6 Å². The summed E-state index contributed by atoms with van der Waals surface area (Å²) < 4.78 is 39.5. The molecule has 0 unspecified atom stereocenters. The summed E-state index contributed by atoms with van der Waals surface area (Å²) in [7, 11) is -3.62. The van der Waals surface area contributed by atoms with Crippen LogP contribution >= 0.6 is 11.3 Å². The van der Waals surface area contributed by atoms with Gasteiger partial charge in [-0.15, -0.1) is 11.3 Å². The fourth-order valence-corrected chi connectivity index (χ4v) is 3.88. The Balaban J connectivity index is 2.13. The van der Waals surface area contributed by atoms with E-state index in [1.165, 1.54) is 35.6 Å². The largest absolute Gasteiger partial charge is 0.312 e. The minimum atomic E-state index is -3.62. The number of anilines is 1. The van der Waals surface area contributed by atoms with Gasteiger partial charge in [0.2, 0.25) is 0 Å². The molecule has 0 amide bonds. The standard InChI is InChI=1S/C13H15FN2O2S2/c1-2-15-8-12-7-13(9-19-12)20(17,18)16-11-5-3-10(14)4-6-11/h3-7,9,15-16H,2,8H2,1H3. The van der Waals surface area contributed by atoms with E-state index in [0.29, 0.717) is 12.2 Å². The van der Waals surface area contributed by atoms with E-state index in [-0.39, 0.29) is 4.90 Å². The average Bonchev–Trinajstić information content (AvgIpc) is 2.88. The topological polar surface area (TPSA) is 58.2 Å². The van der Waals surface area contributed by atoms with Crippen molar-refractivity contribution in [1.29, 1.82) is 0 Å². The number of hydrogen-bond donors (Lipinski definition) is 2. The molecule has 0 aliphatic rings. The van der Waals surface area contributed by atoms with Crippen molar-refractivity contribution in [2.75, 3.05) is 11.3 Å². The molecule has 108 valence electrons. The van der Waals surface area contributed by atoms with Gasteiger partial charge in [0, 0.05) is 22.5 Å². The van der Waals surface area contributed by atoms with E-state index in [0.717, 1.165) is 11.4 Å². The van der Waals surface area contributed by atoms with Crippen LogP contribution in [0.25, 0.3) is 0 Å². The van der Waals surface area contributed by atoms with Gasteiger partial charge in [0.05, 0.1) is 4.90 Å². The van der Waals surface area contributed by atoms with Crippen molar-refractivity contribution in [3.8, 4) is 0 Å². The van der Waals surface area contributed by atoms with Gasteiger partial charge in [0.1, 0.15) is 5.82 Å². The van der Waals surface area contributed by atoms with Crippen LogP contribution in [0, 0.1) is 5.82 Å². The molecule has 0 atom stereocenters. The van der Waals surface area contributed by atoms with Gasteiger partial charge in [-0.25, -0.2) is 12.8 Å². The zero-order chi connectivity index (χ0) is 14.6. The van der Waals surface area contributed by atoms with Gasteiger partial charge >= 0.3 is 0 Å². The number of sulfonamides is 1. The quantitative estimate of drug-likeness (QED) is 0.862. The molecule has 2 aromatic rings. The third-order valence-corrected chi connectivity index (χ3v) is 5.03. The lowest BCUT2D eigenvalue weighted by Crippen LogP contribution is -2.13. The van der Waals surface area contributed by atoms with Crippen molar-refractivity contribution in [2.24, 2.45) is 0 Å². The average molecular weight is 314 g/mol. The molecule has 0 aliphatic heterocycles. The highest BCUT2D eigenvalue weighted by Crippen LogP contribution is 2.22. The molecule has 7 heteroatoms. The SMILES string of the molecule is CCNCc1cc(S(=O)(=O)Nc2ccc(F)cc2)cs1. The molecule has 0 bridgehead atoms. The third-order valence-electron chi connectivity index (χ3n) is 2.59. The Bertz CT molecular complexity index is 666. The Hall–Kier alpha value is -1.44. The van der Waals surface area contributed by atoms with Crippen LogP contribution in [0.4, 0.5) is 10.1 Å². The molecule has 2 rings (SSSR count). The van der Waals surface area contributed by atoms with Crippen molar-refractivity contribution >= 4 is 27.0 Å². The summed E-state index contributed by atoms with van der Waals surface area (Å²) in [5.74, 6) is -0.406. The van der Waals surface area contributed by atoms with Gasteiger partial charge < -0.3 is 5.32 Å². The second-order valence-electron chi connectivity index (χ2n) is 4.14. The zero-order valence-corrected chi connectivity index (χ0v) is 12.5. The molecule has 4 nitrogen and oxygen atoms in total. The maximum absolute atomic E-state index is 12.8. The number of hydrogen-bond acceptors (Lipinski definition) is 4. The van der Waals surface area contributed by atoms with E-state index < -0.39 is 15.8 Å². The molecule has 0 aliphatic carbocycles. The first-order valence-electron chi connectivity index (χ1n) is 6.08. The highest BCUT2D eigenvalue weighted by atomic mass is 32.2. The van der Waals surface area contributed by atoms with Crippen LogP contribution in [0.15, 0.2) is 40.6 Å². The summed E-state index contributed by atoms with van der Waals surface area (Å²) in [4.78, 5) is 1.17. The first-order chi connectivity index (χ1) is 9.51. The van der Waals surface area contributed by atoms with Gasteiger partial charge in [-0.05, 0) is 36.9 Å². The predicted molar refractivity (Wildman–Crippen MR) is 78.9 cm³/mol. The molecule has 20 heavy (non-hydrogen) atoms. The predicted octanol–water partition coefficient (Wildman–Crippen LogP) is 2.80. The number of nitrogens with one attached hydrogen (secondary N) is 2. The van der Waals surface area contributed by atoms with Crippen molar-refractivity contribution in [2.45, 2.75) is 18.4 Å². The molecule has 0 saturated carbocycles. The molecule has 1 heterocycles. The number of thiophene rings is 1. The Morgan fingerprint density at radius 3 is 2.60 bits per heavy atom. The molecular formula is C13H15FN2O2S2. The molecule has 2 N–H and O–H groups in total. The lowest BCUT2D eigenvalue weighted by Gasteiger charge is -2.06. The van der Waals surface area contributed by atoms with Crippen LogP contribution < -0.4 is 10.0 Å². The minimum absolute atomic E-state index is 0.222. The molecule has 0 radical (unpaired) electrons. The smallest absolute Gasteiger partial charge is 0.262 e. The first-order valence-corrected chi connectivity index (χ1v) is 8.44. The fourth-order valence-electron chi connectivity index (χ4n) is 1.57. The Morgan fingerprint density at radius 2 is 1.95 bits per heavy atom. The van der Waals surface area contributed by atoms with E-state index in [4.69, 9.17) is 0 Å². The number of halogens is 1. The van der Waals surface area contributed by atoms with E-state index in [9.17, 15) is 12.8 Å². The van der Waals surface area contributed by atoms with Gasteiger partial charge in [0.25, 0.3) is 10.0 Å². The van der Waals surface area contributed by atoms with Crippen LogP contribution in [0.5, 0.6) is 0 Å². The summed E-state index contributed by atoms with van der Waals surface area (Å²) in [6.07, 6.45) is 0. The summed E-state index contributed by atoms with van der Waals surface area (Å²) in [5, 5.41) is 4.73. The number of rotatable bonds is 6. The molecular weight excluding hydrogens is 299 g/mol. The normalized spacial score (nSPS) is 11.5. The molecule has 0 spiro atoms. The van der Waals surface area contributed by atoms with E-state index in [1.54, 1.807) is 11.4 Å². The number of benzene rings is 1. The maximum Gasteiger partial charge on any atom is 0.262 e. The van der Waals surface area contributed by atoms with Gasteiger partial charge in [-0.2, -0.15) is 0 Å². The summed E-state index contributed by atoms with van der Waals surface area (Å²) in [6.45, 7) is 3.46. The maximum atomic E-state index is 12.8. The lowest BCUT2D eigenvalue weighted by atomic mass is 10.3. The van der Waals surface area contributed by atoms with Gasteiger partial charge in [0.15, 0.2) is 0 Å². The molecule has 1 aromatic heterocycles. The van der Waals surface area contributed by atoms with Crippen LogP contribution in [0.2, 0.25) is 0 Å². The van der Waals surface area contributed by atoms with Crippen molar-refractivity contribution in [3.05, 3.63) is 46.4 Å². The second-order valence-corrected chi connectivity index (χ2v) is 6.82. The highest BCUT2D eigenvalue weighted by Gasteiger charge is 2.16. The summed E-state index contributed by atoms with van der Waals surface area (Å²) in [6, 6.07) is 6.83. The van der Waals surface area contributed by atoms with Gasteiger partial charge in [-0.1, -0.05) is 6.92 Å². The molecule has 0 saturated heterocycles. The van der Waals surface area contributed by atoms with E-state index in [1.807, 2.05) is 6.92 Å². The second kappa shape index (κ2) is 6.34. The molecule has 1 aromatic carbocycles. The molecule has 0 fully saturated rings. The van der Waals surface area contributed by atoms with Crippen LogP contribution in [0.3, 0.4) is 0 Å². The minimum Gasteiger partial charge on any atom is -0.312 e. The van der Waals surface area contributed by atoms with Crippen molar-refractivity contribution in [1.82, 2.24) is 5.32 Å². The van der Waals surface area contributed by atoms with Gasteiger partial charge in [-0.3, -0.25) is 4.72 Å². The Labute approximate surface area is 121 Å². The summed E-state index contributed by atoms with van der Waals surface area (Å²) >= 11 is 1.39.